The van der Waals surface area contributed by atoms with Gasteiger partial charge in [-0.1, -0.05) is 13.8 Å². The Kier molecular flexibility index (Phi) is 1.53. The third-order valence-corrected chi connectivity index (χ3v) is 2.41. The lowest BCUT2D eigenvalue weighted by Gasteiger charge is -2.49. The molecule has 1 fully saturated rings. The van der Waals surface area contributed by atoms with E-state index in [1.165, 1.54) is 0 Å². The van der Waals surface area contributed by atoms with Crippen molar-refractivity contribution >= 4 is 0 Å². The second-order valence-corrected chi connectivity index (χ2v) is 3.27. The predicted octanol–water partition coefficient (Wildman–Crippen LogP) is 0.792. The fourth-order valence-corrected chi connectivity index (χ4v) is 1.06. The molecule has 0 bridgehead atoms. The van der Waals surface area contributed by atoms with E-state index in [1.807, 2.05) is 6.92 Å². The van der Waals surface area contributed by atoms with Crippen LogP contribution < -0.4 is 0 Å². The number of hydrogen-bond acceptors (Lipinski definition) is 2. The average Bonchev–Trinajstić information content (AvgIpc) is 1.82. The minimum atomic E-state index is 0.0625. The zero-order chi connectivity index (χ0) is 7.07. The lowest BCUT2D eigenvalue weighted by molar-refractivity contribution is -0.237. The van der Waals surface area contributed by atoms with Gasteiger partial charge in [-0.15, -0.1) is 0 Å². The summed E-state index contributed by atoms with van der Waals surface area (Å²) in [7, 11) is 0. The smallest absolute Gasteiger partial charge is 0.0885 e. The predicted molar refractivity (Wildman–Crippen MR) is 35.2 cm³/mol. The van der Waals surface area contributed by atoms with Crippen molar-refractivity contribution in [2.24, 2.45) is 5.41 Å². The highest BCUT2D eigenvalue weighted by Crippen LogP contribution is 2.39. The van der Waals surface area contributed by atoms with E-state index < -0.39 is 0 Å². The molecule has 0 aromatic carbocycles. The van der Waals surface area contributed by atoms with Gasteiger partial charge in [0.2, 0.25) is 0 Å². The fourth-order valence-electron chi connectivity index (χ4n) is 1.06. The molecular weight excluding hydrogens is 116 g/mol. The summed E-state index contributed by atoms with van der Waals surface area (Å²) >= 11 is 0. The lowest BCUT2D eigenvalue weighted by Crippen LogP contribution is -2.56. The van der Waals surface area contributed by atoms with Gasteiger partial charge in [0, 0.05) is 5.41 Å². The number of hydrogen-bond donors (Lipinski definition) is 1. The molecule has 0 aromatic heterocycles. The van der Waals surface area contributed by atoms with Crippen molar-refractivity contribution in [3.05, 3.63) is 0 Å². The lowest BCUT2D eigenvalue weighted by atomic mass is 9.76. The fraction of sp³-hybridized carbons (Fsp3) is 1.00. The van der Waals surface area contributed by atoms with Gasteiger partial charge >= 0.3 is 0 Å². The van der Waals surface area contributed by atoms with Crippen molar-refractivity contribution in [3.63, 3.8) is 0 Å². The van der Waals surface area contributed by atoms with E-state index in [-0.39, 0.29) is 18.1 Å². The maximum absolute atomic E-state index is 8.71. The molecule has 2 atom stereocenters. The van der Waals surface area contributed by atoms with E-state index in [4.69, 9.17) is 9.84 Å². The molecule has 0 amide bonds. The van der Waals surface area contributed by atoms with Crippen LogP contribution in [0.3, 0.4) is 0 Å². The number of aliphatic hydroxyl groups is 1. The number of rotatable bonds is 1. The van der Waals surface area contributed by atoms with Gasteiger partial charge in [-0.05, 0) is 6.92 Å². The van der Waals surface area contributed by atoms with Crippen LogP contribution in [0.5, 0.6) is 0 Å². The van der Waals surface area contributed by atoms with Gasteiger partial charge < -0.3 is 9.84 Å². The number of aliphatic hydroxyl groups excluding tert-OH is 1. The van der Waals surface area contributed by atoms with Crippen LogP contribution in [0, 0.1) is 5.41 Å². The molecule has 1 aliphatic rings. The first-order valence-electron chi connectivity index (χ1n) is 3.35. The Bertz CT molecular complexity index is 109. The molecule has 1 N–H and O–H groups in total. The topological polar surface area (TPSA) is 29.5 Å². The first kappa shape index (κ1) is 7.03. The summed E-state index contributed by atoms with van der Waals surface area (Å²) in [5.41, 5.74) is 0.175. The molecule has 2 nitrogen and oxygen atoms in total. The Labute approximate surface area is 55.8 Å². The highest BCUT2D eigenvalue weighted by atomic mass is 16.5. The van der Waals surface area contributed by atoms with Crippen molar-refractivity contribution in [1.29, 1.82) is 0 Å². The molecule has 9 heavy (non-hydrogen) atoms. The second kappa shape index (κ2) is 1.96. The van der Waals surface area contributed by atoms with Crippen LogP contribution in [0.1, 0.15) is 20.8 Å². The van der Waals surface area contributed by atoms with Crippen molar-refractivity contribution in [2.75, 3.05) is 6.61 Å². The van der Waals surface area contributed by atoms with Gasteiger partial charge in [0.15, 0.2) is 0 Å². The molecule has 0 saturated carbocycles. The Morgan fingerprint density at radius 3 is 2.22 bits per heavy atom. The molecule has 1 rings (SSSR count). The third kappa shape index (κ3) is 0.864. The molecule has 0 aromatic rings. The zero-order valence-electron chi connectivity index (χ0n) is 6.22. The molecule has 2 heteroatoms. The normalized spacial score (nSPS) is 40.0. The summed E-state index contributed by atoms with van der Waals surface area (Å²) < 4.78 is 5.25. The molecule has 54 valence electrons. The molecule has 1 aliphatic heterocycles. The van der Waals surface area contributed by atoms with Crippen molar-refractivity contribution in [2.45, 2.75) is 33.0 Å². The van der Waals surface area contributed by atoms with E-state index in [1.54, 1.807) is 0 Å². The van der Waals surface area contributed by atoms with E-state index in [0.717, 1.165) is 0 Å². The van der Waals surface area contributed by atoms with Crippen molar-refractivity contribution in [3.8, 4) is 0 Å². The minimum Gasteiger partial charge on any atom is -0.394 e. The Hall–Kier alpha value is -0.0800. The summed E-state index contributed by atoms with van der Waals surface area (Å²) in [5.74, 6) is 0. The molecule has 0 aliphatic carbocycles. The molecule has 0 spiro atoms. The summed E-state index contributed by atoms with van der Waals surface area (Å²) in [6, 6.07) is 0. The van der Waals surface area contributed by atoms with Crippen molar-refractivity contribution < 1.29 is 9.84 Å². The van der Waals surface area contributed by atoms with E-state index in [2.05, 4.69) is 13.8 Å². The van der Waals surface area contributed by atoms with Crippen LogP contribution in [0.25, 0.3) is 0 Å². The quantitative estimate of drug-likeness (QED) is 0.568. The SMILES string of the molecule is C[C@@H]1O[C@H](CO)C1(C)C. The first-order valence-corrected chi connectivity index (χ1v) is 3.35. The highest BCUT2D eigenvalue weighted by molar-refractivity contribution is 4.93. The largest absolute Gasteiger partial charge is 0.394 e. The van der Waals surface area contributed by atoms with E-state index in [9.17, 15) is 0 Å². The molecule has 0 radical (unpaired) electrons. The second-order valence-electron chi connectivity index (χ2n) is 3.27. The van der Waals surface area contributed by atoms with Gasteiger partial charge in [0.1, 0.15) is 0 Å². The Morgan fingerprint density at radius 2 is 2.11 bits per heavy atom. The van der Waals surface area contributed by atoms with Crippen LogP contribution in [0.15, 0.2) is 0 Å². The Morgan fingerprint density at radius 1 is 1.56 bits per heavy atom. The Balaban J connectivity index is 2.48. The van der Waals surface area contributed by atoms with Gasteiger partial charge in [0.25, 0.3) is 0 Å². The first-order chi connectivity index (χ1) is 4.09. The molecular formula is C7H14O2. The molecule has 1 heterocycles. The van der Waals surface area contributed by atoms with Gasteiger partial charge in [-0.2, -0.15) is 0 Å². The highest BCUT2D eigenvalue weighted by Gasteiger charge is 2.46. The van der Waals surface area contributed by atoms with E-state index >= 15 is 0 Å². The third-order valence-electron chi connectivity index (χ3n) is 2.41. The van der Waals surface area contributed by atoms with Crippen LogP contribution in [0.2, 0.25) is 0 Å². The van der Waals surface area contributed by atoms with Crippen LogP contribution in [-0.2, 0) is 4.74 Å². The van der Waals surface area contributed by atoms with Crippen LogP contribution in [-0.4, -0.2) is 23.9 Å². The monoisotopic (exact) mass is 130 g/mol. The number of ether oxygens (including phenoxy) is 1. The van der Waals surface area contributed by atoms with Crippen LogP contribution >= 0.6 is 0 Å². The average molecular weight is 130 g/mol. The van der Waals surface area contributed by atoms with Crippen molar-refractivity contribution in [1.82, 2.24) is 0 Å². The summed E-state index contributed by atoms with van der Waals surface area (Å²) in [6.45, 7) is 6.41. The summed E-state index contributed by atoms with van der Waals surface area (Å²) in [5, 5.41) is 8.71. The standard InChI is InChI=1S/C7H14O2/c1-5-7(2,3)6(4-8)9-5/h5-6,8H,4H2,1-3H3/t5-,6+/m0/s1. The zero-order valence-corrected chi connectivity index (χ0v) is 6.22. The van der Waals surface area contributed by atoms with Gasteiger partial charge in [-0.25, -0.2) is 0 Å². The molecule has 1 saturated heterocycles. The molecule has 0 unspecified atom stereocenters. The summed E-state index contributed by atoms with van der Waals surface area (Å²) in [4.78, 5) is 0. The summed E-state index contributed by atoms with van der Waals surface area (Å²) in [6.07, 6.45) is 0.363. The maximum atomic E-state index is 8.71. The van der Waals surface area contributed by atoms with Gasteiger partial charge in [0.05, 0.1) is 18.8 Å². The van der Waals surface area contributed by atoms with E-state index in [0.29, 0.717) is 6.10 Å². The van der Waals surface area contributed by atoms with Gasteiger partial charge in [-0.3, -0.25) is 0 Å². The minimum absolute atomic E-state index is 0.0625. The van der Waals surface area contributed by atoms with Crippen LogP contribution in [0.4, 0.5) is 0 Å². The maximum Gasteiger partial charge on any atom is 0.0885 e.